The lowest BCUT2D eigenvalue weighted by Gasteiger charge is -2.19. The van der Waals surface area contributed by atoms with Crippen molar-refractivity contribution in [3.63, 3.8) is 0 Å². The summed E-state index contributed by atoms with van der Waals surface area (Å²) in [5.74, 6) is 0.993. The zero-order chi connectivity index (χ0) is 30.4. The van der Waals surface area contributed by atoms with Crippen LogP contribution in [0.3, 0.4) is 0 Å². The fourth-order valence-electron chi connectivity index (χ4n) is 4.45. The van der Waals surface area contributed by atoms with E-state index in [2.05, 4.69) is 26.1 Å². The van der Waals surface area contributed by atoms with Crippen LogP contribution in [-0.2, 0) is 0 Å². The van der Waals surface area contributed by atoms with E-state index in [1.165, 1.54) is 75.6 Å². The summed E-state index contributed by atoms with van der Waals surface area (Å²) in [6.45, 7) is 8.05. The number of anilines is 1. The number of nitrogens with one attached hydrogen (secondary N) is 1. The van der Waals surface area contributed by atoms with Crippen LogP contribution < -0.4 is 25.0 Å². The van der Waals surface area contributed by atoms with Gasteiger partial charge >= 0.3 is 0 Å². The van der Waals surface area contributed by atoms with Crippen molar-refractivity contribution in [2.75, 3.05) is 25.1 Å². The SMILES string of the molecule is CCCCCCCCOc1cc(C(=O)Nc2ccc(C#N)ccc2=O)cc(OCCCCCCCC)c1OCCCC. The first-order valence-electron chi connectivity index (χ1n) is 16.0. The normalized spacial score (nSPS) is 10.6. The molecule has 0 heterocycles. The van der Waals surface area contributed by atoms with Crippen LogP contribution in [0.4, 0.5) is 5.69 Å². The van der Waals surface area contributed by atoms with Crippen LogP contribution in [0.1, 0.15) is 127 Å². The quantitative estimate of drug-likeness (QED) is 0.140. The van der Waals surface area contributed by atoms with Crippen LogP contribution in [0.5, 0.6) is 17.2 Å². The summed E-state index contributed by atoms with van der Waals surface area (Å²) in [4.78, 5) is 25.9. The number of ether oxygens (including phenoxy) is 3. The Morgan fingerprint density at radius 2 is 1.19 bits per heavy atom. The maximum absolute atomic E-state index is 13.4. The van der Waals surface area contributed by atoms with Gasteiger partial charge in [-0.05, 0) is 55.7 Å². The molecule has 2 rings (SSSR count). The highest BCUT2D eigenvalue weighted by Crippen LogP contribution is 2.40. The Hall–Kier alpha value is -3.53. The van der Waals surface area contributed by atoms with E-state index in [-0.39, 0.29) is 11.1 Å². The largest absolute Gasteiger partial charge is 0.490 e. The predicted molar refractivity (Wildman–Crippen MR) is 170 cm³/mol. The van der Waals surface area contributed by atoms with Crippen molar-refractivity contribution in [2.45, 2.75) is 111 Å². The van der Waals surface area contributed by atoms with Crippen molar-refractivity contribution in [1.29, 1.82) is 5.26 Å². The zero-order valence-corrected chi connectivity index (χ0v) is 26.0. The van der Waals surface area contributed by atoms with Crippen LogP contribution in [0.15, 0.2) is 41.2 Å². The summed E-state index contributed by atoms with van der Waals surface area (Å²) in [6.07, 6.45) is 15.5. The minimum Gasteiger partial charge on any atom is -0.490 e. The molecule has 0 saturated carbocycles. The maximum Gasteiger partial charge on any atom is 0.256 e. The van der Waals surface area contributed by atoms with Gasteiger partial charge in [-0.15, -0.1) is 0 Å². The Balaban J connectivity index is 2.29. The zero-order valence-electron chi connectivity index (χ0n) is 26.0. The summed E-state index contributed by atoms with van der Waals surface area (Å²) in [6, 6.07) is 11.0. The molecule has 0 radical (unpaired) electrons. The second-order valence-corrected chi connectivity index (χ2v) is 10.7. The molecule has 0 fully saturated rings. The van der Waals surface area contributed by atoms with Crippen molar-refractivity contribution in [3.05, 3.63) is 57.7 Å². The number of hydrogen-bond acceptors (Lipinski definition) is 6. The van der Waals surface area contributed by atoms with Gasteiger partial charge in [-0.25, -0.2) is 0 Å². The summed E-state index contributed by atoms with van der Waals surface area (Å²) in [5, 5.41) is 11.9. The van der Waals surface area contributed by atoms with Gasteiger partial charge in [-0.3, -0.25) is 9.59 Å². The van der Waals surface area contributed by atoms with Crippen LogP contribution in [-0.4, -0.2) is 25.7 Å². The summed E-state index contributed by atoms with van der Waals surface area (Å²) >= 11 is 0. The highest BCUT2D eigenvalue weighted by molar-refractivity contribution is 6.05. The van der Waals surface area contributed by atoms with E-state index in [4.69, 9.17) is 19.5 Å². The van der Waals surface area contributed by atoms with E-state index in [1.54, 1.807) is 12.1 Å². The second-order valence-electron chi connectivity index (χ2n) is 10.7. The van der Waals surface area contributed by atoms with Gasteiger partial charge in [-0.1, -0.05) is 91.4 Å². The average molecular weight is 579 g/mol. The molecule has 7 nitrogen and oxygen atoms in total. The van der Waals surface area contributed by atoms with Crippen LogP contribution in [0.25, 0.3) is 0 Å². The number of nitrogens with zero attached hydrogens (tertiary/aromatic N) is 1. The van der Waals surface area contributed by atoms with Crippen LogP contribution in [0.2, 0.25) is 0 Å². The number of rotatable bonds is 22. The lowest BCUT2D eigenvalue weighted by atomic mass is 10.1. The Labute approximate surface area is 252 Å². The monoisotopic (exact) mass is 578 g/mol. The van der Waals surface area contributed by atoms with Gasteiger partial charge in [0.05, 0.1) is 37.1 Å². The smallest absolute Gasteiger partial charge is 0.256 e. The fourth-order valence-corrected chi connectivity index (χ4v) is 4.45. The molecule has 0 atom stereocenters. The van der Waals surface area contributed by atoms with Crippen molar-refractivity contribution in [1.82, 2.24) is 0 Å². The van der Waals surface area contributed by atoms with Crippen LogP contribution >= 0.6 is 0 Å². The van der Waals surface area contributed by atoms with Crippen LogP contribution in [0, 0.1) is 11.3 Å². The molecule has 0 bridgehead atoms. The third-order valence-electron chi connectivity index (χ3n) is 7.02. The van der Waals surface area contributed by atoms with E-state index >= 15 is 0 Å². The van der Waals surface area contributed by atoms with Crippen molar-refractivity contribution in [2.24, 2.45) is 0 Å². The maximum atomic E-state index is 13.4. The van der Waals surface area contributed by atoms with E-state index in [0.29, 0.717) is 48.2 Å². The first-order chi connectivity index (χ1) is 20.5. The first kappa shape index (κ1) is 34.7. The molecule has 0 saturated heterocycles. The minimum atomic E-state index is -0.467. The highest BCUT2D eigenvalue weighted by Gasteiger charge is 2.20. The number of hydrogen-bond donors (Lipinski definition) is 1. The van der Waals surface area contributed by atoms with Crippen molar-refractivity contribution in [3.8, 4) is 23.3 Å². The molecule has 42 heavy (non-hydrogen) atoms. The second kappa shape index (κ2) is 21.2. The molecule has 2 aromatic carbocycles. The highest BCUT2D eigenvalue weighted by atomic mass is 16.5. The van der Waals surface area contributed by atoms with Crippen molar-refractivity contribution < 1.29 is 19.0 Å². The number of amides is 1. The molecule has 7 heteroatoms. The topological polar surface area (TPSA) is 97.7 Å². The summed E-state index contributed by atoms with van der Waals surface area (Å²) < 4.78 is 18.6. The molecule has 2 aromatic rings. The summed E-state index contributed by atoms with van der Waals surface area (Å²) in [7, 11) is 0. The van der Waals surface area contributed by atoms with E-state index in [9.17, 15) is 9.59 Å². The third kappa shape index (κ3) is 13.0. The molecular weight excluding hydrogens is 528 g/mol. The average Bonchev–Trinajstić information content (AvgIpc) is 3.17. The molecule has 1 amide bonds. The minimum absolute atomic E-state index is 0.0915. The standard InChI is InChI=1S/C35H50N2O5/c1-4-7-10-12-14-16-23-40-32-25-29(35(39)37-30-20-18-28(27-36)19-21-31(30)38)26-33(34(32)42-22-9-6-3)41-24-17-15-13-11-8-5-2/h18-21,25-26H,4-17,22-24H2,1-3H3,(H,37,38,39). The lowest BCUT2D eigenvalue weighted by Crippen LogP contribution is -2.17. The van der Waals surface area contributed by atoms with Gasteiger partial charge in [0.25, 0.3) is 5.91 Å². The number of unbranched alkanes of at least 4 members (excludes halogenated alkanes) is 11. The summed E-state index contributed by atoms with van der Waals surface area (Å²) in [5.41, 5.74) is 0.342. The van der Waals surface area contributed by atoms with E-state index in [1.807, 2.05) is 6.07 Å². The first-order valence-corrected chi connectivity index (χ1v) is 16.0. The molecule has 0 unspecified atom stereocenters. The number of benzene rings is 1. The lowest BCUT2D eigenvalue weighted by molar-refractivity contribution is 0.102. The fraction of sp³-hybridized carbons (Fsp3) is 0.571. The number of nitriles is 1. The van der Waals surface area contributed by atoms with Gasteiger partial charge in [-0.2, -0.15) is 5.26 Å². The molecule has 0 spiro atoms. The Bertz CT molecular complexity index is 1140. The number of carbonyl (C=O) groups is 1. The van der Waals surface area contributed by atoms with Gasteiger partial charge in [0, 0.05) is 5.56 Å². The molecule has 0 aliphatic carbocycles. The van der Waals surface area contributed by atoms with Crippen molar-refractivity contribution >= 4 is 11.6 Å². The molecule has 1 N–H and O–H groups in total. The van der Waals surface area contributed by atoms with E-state index in [0.717, 1.165) is 38.5 Å². The van der Waals surface area contributed by atoms with Gasteiger partial charge in [0.2, 0.25) is 11.2 Å². The number of carbonyl (C=O) groups excluding carboxylic acids is 1. The molecule has 0 aromatic heterocycles. The molecule has 0 aliphatic heterocycles. The molecule has 0 aliphatic rings. The Morgan fingerprint density at radius 1 is 0.690 bits per heavy atom. The Morgan fingerprint density at radius 3 is 1.74 bits per heavy atom. The van der Waals surface area contributed by atoms with Gasteiger partial charge < -0.3 is 19.5 Å². The van der Waals surface area contributed by atoms with E-state index < -0.39 is 5.91 Å². The Kier molecular flexibility index (Phi) is 17.5. The van der Waals surface area contributed by atoms with Gasteiger partial charge in [0.15, 0.2) is 11.5 Å². The molecule has 230 valence electrons. The molecular formula is C35H50N2O5. The van der Waals surface area contributed by atoms with Gasteiger partial charge in [0.1, 0.15) is 0 Å². The predicted octanol–water partition coefficient (Wildman–Crippen LogP) is 8.83. The third-order valence-corrected chi connectivity index (χ3v) is 7.02.